The van der Waals surface area contributed by atoms with Crippen LogP contribution in [-0.2, 0) is 6.42 Å². The zero-order valence-corrected chi connectivity index (χ0v) is 17.9. The number of rotatable bonds is 5. The third-order valence-electron chi connectivity index (χ3n) is 6.24. The van der Waals surface area contributed by atoms with Crippen molar-refractivity contribution in [2.45, 2.75) is 31.3 Å². The summed E-state index contributed by atoms with van der Waals surface area (Å²) in [4.78, 5) is 16.3. The summed E-state index contributed by atoms with van der Waals surface area (Å²) in [6.07, 6.45) is 2.86. The van der Waals surface area contributed by atoms with Crippen LogP contribution < -0.4 is 15.5 Å². The monoisotopic (exact) mass is 432 g/mol. The minimum Gasteiger partial charge on any atom is -0.508 e. The summed E-state index contributed by atoms with van der Waals surface area (Å²) in [5.74, 6) is 1.72. The fraction of sp³-hybridized carbons (Fsp3) is 0.375. The van der Waals surface area contributed by atoms with Crippen LogP contribution in [0, 0.1) is 0 Å². The first kappa shape index (κ1) is 20.7. The molecule has 1 saturated heterocycles. The van der Waals surface area contributed by atoms with E-state index in [-0.39, 0.29) is 18.4 Å². The van der Waals surface area contributed by atoms with Gasteiger partial charge in [-0.05, 0) is 55.6 Å². The van der Waals surface area contributed by atoms with Crippen LogP contribution in [0.5, 0.6) is 5.75 Å². The van der Waals surface area contributed by atoms with Gasteiger partial charge in [-0.1, -0.05) is 36.4 Å². The molecule has 166 valence electrons. The number of aliphatic hydroxyl groups is 1. The maximum absolute atomic E-state index is 10.3. The highest BCUT2D eigenvalue weighted by Crippen LogP contribution is 2.33. The molecular formula is C24H28N6O2. The molecule has 0 radical (unpaired) electrons. The molecule has 4 N–H and O–H groups in total. The Balaban J connectivity index is 1.54. The number of benzene rings is 2. The van der Waals surface area contributed by atoms with Crippen molar-refractivity contribution in [3.63, 3.8) is 0 Å². The lowest BCUT2D eigenvalue weighted by Gasteiger charge is -2.36. The fourth-order valence-electron chi connectivity index (χ4n) is 4.57. The van der Waals surface area contributed by atoms with E-state index in [1.165, 1.54) is 5.56 Å². The van der Waals surface area contributed by atoms with Crippen molar-refractivity contribution in [2.24, 2.45) is 0 Å². The van der Waals surface area contributed by atoms with Crippen LogP contribution >= 0.6 is 0 Å². The third kappa shape index (κ3) is 4.24. The molecule has 32 heavy (non-hydrogen) atoms. The van der Waals surface area contributed by atoms with Gasteiger partial charge in [0.1, 0.15) is 5.75 Å². The molecule has 0 unspecified atom stereocenters. The number of nitrogens with zero attached hydrogens (tertiary/aromatic N) is 4. The van der Waals surface area contributed by atoms with Crippen molar-refractivity contribution in [3.8, 4) is 17.1 Å². The van der Waals surface area contributed by atoms with Crippen LogP contribution in [0.4, 0.5) is 11.9 Å². The van der Waals surface area contributed by atoms with E-state index in [9.17, 15) is 10.2 Å². The summed E-state index contributed by atoms with van der Waals surface area (Å²) in [6, 6.07) is 15.2. The number of piperidine rings is 1. The minimum atomic E-state index is -0.217. The zero-order valence-electron chi connectivity index (χ0n) is 17.9. The summed E-state index contributed by atoms with van der Waals surface area (Å²) in [5, 5.41) is 27.1. The minimum absolute atomic E-state index is 0.0266. The molecular weight excluding hydrogens is 404 g/mol. The van der Waals surface area contributed by atoms with Crippen LogP contribution in [0.2, 0.25) is 0 Å². The van der Waals surface area contributed by atoms with E-state index in [1.54, 1.807) is 18.2 Å². The first-order valence-electron chi connectivity index (χ1n) is 11.2. The van der Waals surface area contributed by atoms with E-state index in [4.69, 9.17) is 9.97 Å². The lowest BCUT2D eigenvalue weighted by molar-refractivity contribution is 0.256. The molecule has 3 aromatic rings. The Bertz CT molecular complexity index is 1090. The average molecular weight is 433 g/mol. The van der Waals surface area contributed by atoms with Crippen molar-refractivity contribution in [1.82, 2.24) is 20.3 Å². The van der Waals surface area contributed by atoms with Gasteiger partial charge in [-0.3, -0.25) is 0 Å². The summed E-state index contributed by atoms with van der Waals surface area (Å²) < 4.78 is 0. The zero-order chi connectivity index (χ0) is 21.9. The van der Waals surface area contributed by atoms with Crippen molar-refractivity contribution in [2.75, 3.05) is 36.5 Å². The molecule has 1 atom stereocenters. The lowest BCUT2D eigenvalue weighted by atomic mass is 9.93. The number of aromatic hydroxyl groups is 1. The van der Waals surface area contributed by atoms with Gasteiger partial charge in [-0.25, -0.2) is 0 Å². The maximum Gasteiger partial charge on any atom is 0.231 e. The Morgan fingerprint density at radius 2 is 1.88 bits per heavy atom. The SMILES string of the molecule is OC[C@H]1c2ccccc2CCN1c1nc(NC2CCNCC2)nc(-c2cccc(O)c2)n1. The van der Waals surface area contributed by atoms with Gasteiger partial charge in [-0.15, -0.1) is 0 Å². The van der Waals surface area contributed by atoms with Crippen molar-refractivity contribution < 1.29 is 10.2 Å². The van der Waals surface area contributed by atoms with Gasteiger partial charge in [0.2, 0.25) is 11.9 Å². The molecule has 8 heteroatoms. The molecule has 5 rings (SSSR count). The number of phenols is 1. The molecule has 8 nitrogen and oxygen atoms in total. The normalized spacial score (nSPS) is 18.9. The standard InChI is InChI=1S/C24H28N6O2/c31-15-21-20-7-2-1-4-16(20)10-13-30(21)24-28-22(17-5-3-6-19(32)14-17)27-23(29-24)26-18-8-11-25-12-9-18/h1-7,14,18,21,25,31-32H,8-13,15H2,(H,26,27,28,29)/t21-/m0/s1. The van der Waals surface area contributed by atoms with Gasteiger partial charge in [0.05, 0.1) is 12.6 Å². The molecule has 0 saturated carbocycles. The summed E-state index contributed by atoms with van der Waals surface area (Å²) >= 11 is 0. The van der Waals surface area contributed by atoms with E-state index in [0.717, 1.165) is 43.5 Å². The van der Waals surface area contributed by atoms with E-state index in [2.05, 4.69) is 32.7 Å². The van der Waals surface area contributed by atoms with E-state index in [0.29, 0.717) is 30.3 Å². The smallest absolute Gasteiger partial charge is 0.231 e. The molecule has 2 aromatic carbocycles. The third-order valence-corrected chi connectivity index (χ3v) is 6.24. The van der Waals surface area contributed by atoms with Crippen molar-refractivity contribution in [3.05, 3.63) is 59.7 Å². The topological polar surface area (TPSA) is 106 Å². The molecule has 0 spiro atoms. The first-order chi connectivity index (χ1) is 15.7. The quantitative estimate of drug-likeness (QED) is 0.487. The number of phenolic OH excluding ortho intramolecular Hbond substituents is 1. The Morgan fingerprint density at radius 1 is 1.03 bits per heavy atom. The van der Waals surface area contributed by atoms with Crippen LogP contribution in [0.1, 0.15) is 30.0 Å². The molecule has 0 amide bonds. The highest BCUT2D eigenvalue weighted by atomic mass is 16.3. The van der Waals surface area contributed by atoms with Gasteiger partial charge in [0.25, 0.3) is 0 Å². The van der Waals surface area contributed by atoms with Crippen LogP contribution in [0.3, 0.4) is 0 Å². The second kappa shape index (κ2) is 9.10. The number of nitrogens with one attached hydrogen (secondary N) is 2. The number of fused-ring (bicyclic) bond motifs is 1. The Kier molecular flexibility index (Phi) is 5.87. The van der Waals surface area contributed by atoms with E-state index < -0.39 is 0 Å². The summed E-state index contributed by atoms with van der Waals surface area (Å²) in [6.45, 7) is 2.61. The number of hydrogen-bond donors (Lipinski definition) is 4. The number of aromatic nitrogens is 3. The van der Waals surface area contributed by atoms with Crippen molar-refractivity contribution in [1.29, 1.82) is 0 Å². The molecule has 1 aromatic heterocycles. The Hall–Kier alpha value is -3.23. The predicted octanol–water partition coefficient (Wildman–Crippen LogP) is 2.50. The number of hydrogen-bond acceptors (Lipinski definition) is 8. The van der Waals surface area contributed by atoms with Gasteiger partial charge < -0.3 is 25.7 Å². The van der Waals surface area contributed by atoms with Gasteiger partial charge >= 0.3 is 0 Å². The molecule has 1 fully saturated rings. The van der Waals surface area contributed by atoms with Crippen LogP contribution in [0.15, 0.2) is 48.5 Å². The van der Waals surface area contributed by atoms with E-state index in [1.807, 2.05) is 18.2 Å². The van der Waals surface area contributed by atoms with Crippen LogP contribution in [-0.4, -0.2) is 57.4 Å². The molecule has 2 aliphatic rings. The highest BCUT2D eigenvalue weighted by Gasteiger charge is 2.29. The largest absolute Gasteiger partial charge is 0.508 e. The fourth-order valence-corrected chi connectivity index (χ4v) is 4.57. The molecule has 2 aliphatic heterocycles. The average Bonchev–Trinajstić information content (AvgIpc) is 2.83. The maximum atomic E-state index is 10.3. The first-order valence-corrected chi connectivity index (χ1v) is 11.2. The number of anilines is 2. The Morgan fingerprint density at radius 3 is 2.69 bits per heavy atom. The lowest BCUT2D eigenvalue weighted by Crippen LogP contribution is -2.39. The number of aliphatic hydroxyl groups excluding tert-OH is 1. The summed E-state index contributed by atoms with van der Waals surface area (Å²) in [5.41, 5.74) is 3.08. The molecule has 0 bridgehead atoms. The summed E-state index contributed by atoms with van der Waals surface area (Å²) in [7, 11) is 0. The molecule has 3 heterocycles. The Labute approximate surface area is 187 Å². The second-order valence-corrected chi connectivity index (χ2v) is 8.34. The highest BCUT2D eigenvalue weighted by molar-refractivity contribution is 5.61. The van der Waals surface area contributed by atoms with Gasteiger partial charge in [-0.2, -0.15) is 15.0 Å². The predicted molar refractivity (Wildman–Crippen MR) is 124 cm³/mol. The van der Waals surface area contributed by atoms with Gasteiger partial charge in [0.15, 0.2) is 5.82 Å². The van der Waals surface area contributed by atoms with Crippen molar-refractivity contribution >= 4 is 11.9 Å². The van der Waals surface area contributed by atoms with Gasteiger partial charge in [0, 0.05) is 18.2 Å². The van der Waals surface area contributed by atoms with Crippen LogP contribution in [0.25, 0.3) is 11.4 Å². The second-order valence-electron chi connectivity index (χ2n) is 8.34. The molecule has 0 aliphatic carbocycles. The van der Waals surface area contributed by atoms with E-state index >= 15 is 0 Å².